The number of nitrogens with zero attached hydrogens (tertiary/aromatic N) is 1. The molecule has 0 bridgehead atoms. The number of anilines is 1. The maximum absolute atomic E-state index is 12.4. The van der Waals surface area contributed by atoms with Gasteiger partial charge in [0.15, 0.2) is 0 Å². The Labute approximate surface area is 144 Å². The smallest absolute Gasteiger partial charge is 0.258 e. The first-order valence-electron chi connectivity index (χ1n) is 7.90. The summed E-state index contributed by atoms with van der Waals surface area (Å²) in [5, 5.41) is 2.66. The number of carbonyl (C=O) groups is 1. The summed E-state index contributed by atoms with van der Waals surface area (Å²) in [5.74, 6) is -0.113. The van der Waals surface area contributed by atoms with E-state index in [-0.39, 0.29) is 16.5 Å². The fourth-order valence-corrected chi connectivity index (χ4v) is 3.84. The van der Waals surface area contributed by atoms with Gasteiger partial charge in [-0.15, -0.1) is 0 Å². The first kappa shape index (κ1) is 15.8. The highest BCUT2D eigenvalue weighted by atomic mass is 32.2. The molecule has 0 aliphatic heterocycles. The Hall–Kier alpha value is -2.71. The second-order valence-corrected chi connectivity index (χ2v) is 7.69. The highest BCUT2D eigenvalue weighted by Gasteiger charge is 2.28. The molecule has 1 aliphatic rings. The largest absolute Gasteiger partial charge is 0.324 e. The van der Waals surface area contributed by atoms with Gasteiger partial charge in [0, 0.05) is 11.6 Å². The summed E-state index contributed by atoms with van der Waals surface area (Å²) in [6.07, 6.45) is 1.71. The summed E-state index contributed by atoms with van der Waals surface area (Å²) in [6, 6.07) is 13.4. The Morgan fingerprint density at radius 2 is 1.92 bits per heavy atom. The van der Waals surface area contributed by atoms with Gasteiger partial charge in [0.25, 0.3) is 5.91 Å². The van der Waals surface area contributed by atoms with E-state index in [9.17, 15) is 13.2 Å². The zero-order valence-electron chi connectivity index (χ0n) is 13.2. The molecule has 7 nitrogen and oxygen atoms in total. The number of H-pyrrole nitrogens is 1. The van der Waals surface area contributed by atoms with Gasteiger partial charge >= 0.3 is 0 Å². The minimum absolute atomic E-state index is 0.0121. The molecule has 1 amide bonds. The lowest BCUT2D eigenvalue weighted by Crippen LogP contribution is -2.26. The summed E-state index contributed by atoms with van der Waals surface area (Å²) in [6.45, 7) is 0. The van der Waals surface area contributed by atoms with Gasteiger partial charge in [-0.1, -0.05) is 18.2 Å². The summed E-state index contributed by atoms with van der Waals surface area (Å²) < 4.78 is 27.1. The van der Waals surface area contributed by atoms with E-state index in [1.165, 1.54) is 12.1 Å². The number of nitrogens with one attached hydrogen (secondary N) is 3. The van der Waals surface area contributed by atoms with Crippen LogP contribution in [0.3, 0.4) is 0 Å². The molecule has 1 aliphatic carbocycles. The third-order valence-corrected chi connectivity index (χ3v) is 5.45. The van der Waals surface area contributed by atoms with Gasteiger partial charge in [0.1, 0.15) is 0 Å². The Morgan fingerprint density at radius 3 is 2.68 bits per heavy atom. The molecule has 0 radical (unpaired) electrons. The third kappa shape index (κ3) is 3.40. The van der Waals surface area contributed by atoms with Gasteiger partial charge < -0.3 is 4.98 Å². The molecule has 0 spiro atoms. The van der Waals surface area contributed by atoms with Gasteiger partial charge in [0.2, 0.25) is 16.0 Å². The lowest BCUT2D eigenvalue weighted by atomic mass is 10.2. The van der Waals surface area contributed by atoms with Crippen LogP contribution >= 0.6 is 0 Å². The topological polar surface area (TPSA) is 104 Å². The number of rotatable bonds is 5. The quantitative estimate of drug-likeness (QED) is 0.652. The molecular formula is C17H16N4O3S. The lowest BCUT2D eigenvalue weighted by molar-refractivity contribution is 0.102. The van der Waals surface area contributed by atoms with E-state index in [4.69, 9.17) is 0 Å². The molecule has 4 rings (SSSR count). The molecule has 1 fully saturated rings. The van der Waals surface area contributed by atoms with E-state index in [1.807, 2.05) is 24.3 Å². The number of aromatic amines is 1. The van der Waals surface area contributed by atoms with Crippen LogP contribution in [-0.4, -0.2) is 30.3 Å². The maximum atomic E-state index is 12.4. The van der Waals surface area contributed by atoms with Crippen molar-refractivity contribution >= 4 is 32.9 Å². The lowest BCUT2D eigenvalue weighted by Gasteiger charge is -2.07. The van der Waals surface area contributed by atoms with Crippen molar-refractivity contribution in [1.82, 2.24) is 14.7 Å². The van der Waals surface area contributed by atoms with Crippen LogP contribution in [0.4, 0.5) is 5.95 Å². The average Bonchev–Trinajstić information content (AvgIpc) is 3.30. The van der Waals surface area contributed by atoms with Crippen molar-refractivity contribution in [2.24, 2.45) is 0 Å². The van der Waals surface area contributed by atoms with Crippen LogP contribution in [0.1, 0.15) is 23.2 Å². The molecule has 8 heteroatoms. The molecule has 2 aromatic carbocycles. The standard InChI is InChI=1S/C17H16N4O3S/c22-16(20-17-18-14-6-1-2-7-15(14)19-17)11-4-3-5-13(10-11)25(23,24)21-12-8-9-12/h1-7,10,12,21H,8-9H2,(H2,18,19,20,22). The molecule has 25 heavy (non-hydrogen) atoms. The number of sulfonamides is 1. The molecule has 0 saturated heterocycles. The number of aromatic nitrogens is 2. The van der Waals surface area contributed by atoms with Crippen LogP contribution in [0.2, 0.25) is 0 Å². The van der Waals surface area contributed by atoms with E-state index in [0.29, 0.717) is 5.95 Å². The molecule has 1 saturated carbocycles. The number of hydrogen-bond donors (Lipinski definition) is 3. The third-order valence-electron chi connectivity index (χ3n) is 3.93. The van der Waals surface area contributed by atoms with E-state index < -0.39 is 15.9 Å². The molecule has 0 unspecified atom stereocenters. The molecular weight excluding hydrogens is 340 g/mol. The first-order chi connectivity index (χ1) is 12.0. The summed E-state index contributed by atoms with van der Waals surface area (Å²) in [5.41, 5.74) is 1.80. The molecule has 0 atom stereocenters. The minimum Gasteiger partial charge on any atom is -0.324 e. The number of carbonyl (C=O) groups excluding carboxylic acids is 1. The fourth-order valence-electron chi connectivity index (χ4n) is 2.48. The van der Waals surface area contributed by atoms with Crippen molar-refractivity contribution in [3.05, 3.63) is 54.1 Å². The van der Waals surface area contributed by atoms with Crippen molar-refractivity contribution in [2.45, 2.75) is 23.8 Å². The zero-order valence-corrected chi connectivity index (χ0v) is 14.0. The van der Waals surface area contributed by atoms with Crippen molar-refractivity contribution in [3.63, 3.8) is 0 Å². The number of benzene rings is 2. The van der Waals surface area contributed by atoms with Crippen molar-refractivity contribution in [2.75, 3.05) is 5.32 Å². The average molecular weight is 356 g/mol. The maximum Gasteiger partial charge on any atom is 0.258 e. The molecule has 3 aromatic rings. The number of imidazole rings is 1. The monoisotopic (exact) mass is 356 g/mol. The molecule has 128 valence electrons. The molecule has 1 aromatic heterocycles. The van der Waals surface area contributed by atoms with Gasteiger partial charge in [-0.05, 0) is 43.2 Å². The highest BCUT2D eigenvalue weighted by Crippen LogP contribution is 2.22. The van der Waals surface area contributed by atoms with Crippen molar-refractivity contribution < 1.29 is 13.2 Å². The number of hydrogen-bond acceptors (Lipinski definition) is 4. The predicted molar refractivity (Wildman–Crippen MR) is 93.8 cm³/mol. The summed E-state index contributed by atoms with van der Waals surface area (Å²) in [7, 11) is -3.60. The van der Waals surface area contributed by atoms with E-state index >= 15 is 0 Å². The van der Waals surface area contributed by atoms with E-state index in [2.05, 4.69) is 20.0 Å². The van der Waals surface area contributed by atoms with Crippen molar-refractivity contribution in [3.8, 4) is 0 Å². The number of fused-ring (bicyclic) bond motifs is 1. The Balaban J connectivity index is 1.56. The normalized spacial score (nSPS) is 14.6. The number of para-hydroxylation sites is 2. The van der Waals surface area contributed by atoms with Gasteiger partial charge in [-0.2, -0.15) is 0 Å². The van der Waals surface area contributed by atoms with Crippen molar-refractivity contribution in [1.29, 1.82) is 0 Å². The first-order valence-corrected chi connectivity index (χ1v) is 9.38. The highest BCUT2D eigenvalue weighted by molar-refractivity contribution is 7.89. The fraction of sp³-hybridized carbons (Fsp3) is 0.176. The van der Waals surface area contributed by atoms with Gasteiger partial charge in [0.05, 0.1) is 15.9 Å². The van der Waals surface area contributed by atoms with Gasteiger partial charge in [-0.3, -0.25) is 10.1 Å². The van der Waals surface area contributed by atoms with E-state index in [0.717, 1.165) is 23.9 Å². The minimum atomic E-state index is -3.60. The van der Waals surface area contributed by atoms with Gasteiger partial charge in [-0.25, -0.2) is 18.1 Å². The Morgan fingerprint density at radius 1 is 1.12 bits per heavy atom. The summed E-state index contributed by atoms with van der Waals surface area (Å²) in [4.78, 5) is 19.8. The van der Waals surface area contributed by atoms with Crippen LogP contribution < -0.4 is 10.0 Å². The molecule has 3 N–H and O–H groups in total. The Bertz CT molecular complexity index is 1020. The van der Waals surface area contributed by atoms with Crippen LogP contribution in [0.15, 0.2) is 53.4 Å². The Kier molecular flexibility index (Phi) is 3.78. The molecule has 1 heterocycles. The SMILES string of the molecule is O=C(Nc1nc2ccccc2[nH]1)c1cccc(S(=O)(=O)NC2CC2)c1. The zero-order chi connectivity index (χ0) is 17.4. The summed E-state index contributed by atoms with van der Waals surface area (Å²) >= 11 is 0. The second kappa shape index (κ2) is 5.98. The van der Waals surface area contributed by atoms with Crippen LogP contribution in [0, 0.1) is 0 Å². The van der Waals surface area contributed by atoms with Crippen LogP contribution in [0.25, 0.3) is 11.0 Å². The number of amides is 1. The van der Waals surface area contributed by atoms with Crippen LogP contribution in [-0.2, 0) is 10.0 Å². The predicted octanol–water partition coefficient (Wildman–Crippen LogP) is 2.26. The van der Waals surface area contributed by atoms with E-state index in [1.54, 1.807) is 12.1 Å². The second-order valence-electron chi connectivity index (χ2n) is 5.98. The van der Waals surface area contributed by atoms with Crippen LogP contribution in [0.5, 0.6) is 0 Å².